The summed E-state index contributed by atoms with van der Waals surface area (Å²) < 4.78 is 16.1. The minimum Gasteiger partial charge on any atom is -0.368 e. The molecule has 3 N–H and O–H groups in total. The Morgan fingerprint density at radius 3 is 2.71 bits per heavy atom. The minimum absolute atomic E-state index is 0.275. The zero-order valence-corrected chi connectivity index (χ0v) is 17.6. The standard InChI is InChI=1S/C22H23FN8/c1-12-8-30(9-13(2)25-12)17-4-15(7-24)20-19(6-17)28-29-21(20)27-16-5-18(23)22-26-14(3)10-31(22)11-16/h4-6,10-13,25H,8-9H2,1-3H3,(H2,27,28,29)/t12-,13-/m0/s1. The first-order valence-electron chi connectivity index (χ1n) is 10.3. The highest BCUT2D eigenvalue weighted by Crippen LogP contribution is 2.32. The summed E-state index contributed by atoms with van der Waals surface area (Å²) in [6.07, 6.45) is 3.51. The van der Waals surface area contributed by atoms with Gasteiger partial charge in [-0.05, 0) is 32.9 Å². The van der Waals surface area contributed by atoms with Gasteiger partial charge in [-0.25, -0.2) is 9.37 Å². The Morgan fingerprint density at radius 2 is 1.97 bits per heavy atom. The Balaban J connectivity index is 1.53. The predicted octanol–water partition coefficient (Wildman–Crippen LogP) is 3.46. The molecule has 4 heterocycles. The van der Waals surface area contributed by atoms with Crippen molar-refractivity contribution in [2.24, 2.45) is 0 Å². The fourth-order valence-electron chi connectivity index (χ4n) is 4.43. The normalized spacial score (nSPS) is 19.1. The quantitative estimate of drug-likeness (QED) is 0.471. The van der Waals surface area contributed by atoms with Gasteiger partial charge in [0.2, 0.25) is 0 Å². The van der Waals surface area contributed by atoms with Crippen molar-refractivity contribution in [2.45, 2.75) is 32.9 Å². The summed E-state index contributed by atoms with van der Waals surface area (Å²) in [5.41, 5.74) is 3.79. The van der Waals surface area contributed by atoms with Crippen molar-refractivity contribution in [3.05, 3.63) is 47.7 Å². The van der Waals surface area contributed by atoms with E-state index in [4.69, 9.17) is 0 Å². The van der Waals surface area contributed by atoms with E-state index in [1.807, 2.05) is 19.1 Å². The fourth-order valence-corrected chi connectivity index (χ4v) is 4.43. The number of benzene rings is 1. The van der Waals surface area contributed by atoms with E-state index in [0.29, 0.717) is 34.5 Å². The van der Waals surface area contributed by atoms with Gasteiger partial charge in [-0.2, -0.15) is 10.4 Å². The van der Waals surface area contributed by atoms with Crippen molar-refractivity contribution >= 4 is 33.7 Å². The molecule has 0 bridgehead atoms. The molecule has 1 saturated heterocycles. The molecule has 9 heteroatoms. The highest BCUT2D eigenvalue weighted by molar-refractivity contribution is 5.98. The van der Waals surface area contributed by atoms with E-state index in [-0.39, 0.29) is 5.65 Å². The smallest absolute Gasteiger partial charge is 0.173 e. The first-order valence-corrected chi connectivity index (χ1v) is 10.3. The average molecular weight is 418 g/mol. The van der Waals surface area contributed by atoms with Gasteiger partial charge in [-0.1, -0.05) is 0 Å². The van der Waals surface area contributed by atoms with Crippen LogP contribution in [0.5, 0.6) is 0 Å². The zero-order chi connectivity index (χ0) is 21.7. The van der Waals surface area contributed by atoms with Gasteiger partial charge in [0.1, 0.15) is 6.07 Å². The van der Waals surface area contributed by atoms with Crippen LogP contribution >= 0.6 is 0 Å². The molecule has 0 radical (unpaired) electrons. The van der Waals surface area contributed by atoms with E-state index in [1.54, 1.807) is 16.8 Å². The number of fused-ring (bicyclic) bond motifs is 2. The van der Waals surface area contributed by atoms with E-state index >= 15 is 0 Å². The SMILES string of the molecule is Cc1cn2cc(Nc3n[nH]c4cc(N5C[C@H](C)N[C@@H](C)C5)cc(C#N)c34)cc(F)c2n1. The monoisotopic (exact) mass is 418 g/mol. The van der Waals surface area contributed by atoms with Gasteiger partial charge in [-0.3, -0.25) is 5.10 Å². The fraction of sp³-hybridized carbons (Fsp3) is 0.318. The molecule has 158 valence electrons. The van der Waals surface area contributed by atoms with Gasteiger partial charge in [0, 0.05) is 49.3 Å². The molecule has 0 saturated carbocycles. The maximum atomic E-state index is 14.5. The number of aromatic amines is 1. The largest absolute Gasteiger partial charge is 0.368 e. The molecule has 8 nitrogen and oxygen atoms in total. The molecule has 0 amide bonds. The van der Waals surface area contributed by atoms with Crippen LogP contribution in [0.1, 0.15) is 25.1 Å². The number of piperazine rings is 1. The van der Waals surface area contributed by atoms with Crippen molar-refractivity contribution < 1.29 is 4.39 Å². The molecule has 2 atom stereocenters. The number of hydrogen-bond acceptors (Lipinski definition) is 6. The van der Waals surface area contributed by atoms with Crippen LogP contribution in [0.4, 0.5) is 21.6 Å². The molecular weight excluding hydrogens is 395 g/mol. The lowest BCUT2D eigenvalue weighted by Gasteiger charge is -2.37. The van der Waals surface area contributed by atoms with Crippen molar-refractivity contribution in [2.75, 3.05) is 23.3 Å². The summed E-state index contributed by atoms with van der Waals surface area (Å²) in [5, 5.41) is 24.6. The van der Waals surface area contributed by atoms with Crippen molar-refractivity contribution in [3.8, 4) is 6.07 Å². The molecule has 0 spiro atoms. The summed E-state index contributed by atoms with van der Waals surface area (Å²) in [4.78, 5) is 6.46. The first-order chi connectivity index (χ1) is 14.9. The lowest BCUT2D eigenvalue weighted by Crippen LogP contribution is -2.54. The number of nitrogens with zero attached hydrogens (tertiary/aromatic N) is 5. The predicted molar refractivity (Wildman–Crippen MR) is 118 cm³/mol. The molecule has 31 heavy (non-hydrogen) atoms. The molecule has 5 rings (SSSR count). The molecule has 1 aliphatic rings. The van der Waals surface area contributed by atoms with Crippen LogP contribution in [-0.4, -0.2) is 44.8 Å². The van der Waals surface area contributed by atoms with E-state index in [9.17, 15) is 9.65 Å². The van der Waals surface area contributed by atoms with Gasteiger partial charge >= 0.3 is 0 Å². The lowest BCUT2D eigenvalue weighted by atomic mass is 10.1. The van der Waals surface area contributed by atoms with E-state index in [2.05, 4.69) is 50.6 Å². The summed E-state index contributed by atoms with van der Waals surface area (Å²) in [6.45, 7) is 7.86. The summed E-state index contributed by atoms with van der Waals surface area (Å²) in [6, 6.07) is 8.32. The Morgan fingerprint density at radius 1 is 1.19 bits per heavy atom. The van der Waals surface area contributed by atoms with Crippen LogP contribution in [-0.2, 0) is 0 Å². The van der Waals surface area contributed by atoms with Crippen LogP contribution < -0.4 is 15.5 Å². The second kappa shape index (κ2) is 7.25. The Kier molecular flexibility index (Phi) is 4.52. The number of hydrogen-bond donors (Lipinski definition) is 3. The van der Waals surface area contributed by atoms with Gasteiger partial charge in [0.25, 0.3) is 0 Å². The number of anilines is 3. The minimum atomic E-state index is -0.428. The molecule has 4 aromatic rings. The van der Waals surface area contributed by atoms with Crippen LogP contribution in [0.2, 0.25) is 0 Å². The third kappa shape index (κ3) is 3.45. The highest BCUT2D eigenvalue weighted by atomic mass is 19.1. The third-order valence-electron chi connectivity index (χ3n) is 5.58. The van der Waals surface area contributed by atoms with Gasteiger partial charge in [-0.15, -0.1) is 0 Å². The van der Waals surface area contributed by atoms with Crippen molar-refractivity contribution in [3.63, 3.8) is 0 Å². The number of aryl methyl sites for hydroxylation is 1. The number of imidazole rings is 1. The maximum absolute atomic E-state index is 14.5. The summed E-state index contributed by atoms with van der Waals surface area (Å²) in [7, 11) is 0. The number of rotatable bonds is 3. The van der Waals surface area contributed by atoms with Gasteiger partial charge < -0.3 is 19.9 Å². The molecule has 3 aromatic heterocycles. The zero-order valence-electron chi connectivity index (χ0n) is 17.6. The number of H-pyrrole nitrogens is 1. The highest BCUT2D eigenvalue weighted by Gasteiger charge is 2.23. The second-order valence-electron chi connectivity index (χ2n) is 8.29. The molecule has 0 aliphatic carbocycles. The Labute approximate surface area is 178 Å². The van der Waals surface area contributed by atoms with E-state index in [0.717, 1.165) is 30.0 Å². The first kappa shape index (κ1) is 19.3. The number of pyridine rings is 1. The lowest BCUT2D eigenvalue weighted by molar-refractivity contribution is 0.407. The topological polar surface area (TPSA) is 97.1 Å². The Hall–Kier alpha value is -3.64. The average Bonchev–Trinajstić information content (AvgIpc) is 3.30. The molecular formula is C22H23FN8. The van der Waals surface area contributed by atoms with E-state index in [1.165, 1.54) is 6.07 Å². The summed E-state index contributed by atoms with van der Waals surface area (Å²) >= 11 is 0. The van der Waals surface area contributed by atoms with Crippen molar-refractivity contribution in [1.29, 1.82) is 5.26 Å². The van der Waals surface area contributed by atoms with Gasteiger partial charge in [0.05, 0.1) is 27.8 Å². The second-order valence-corrected chi connectivity index (χ2v) is 8.29. The maximum Gasteiger partial charge on any atom is 0.173 e. The molecule has 0 unspecified atom stereocenters. The van der Waals surface area contributed by atoms with Gasteiger partial charge in [0.15, 0.2) is 17.3 Å². The molecule has 1 aromatic carbocycles. The van der Waals surface area contributed by atoms with Crippen LogP contribution in [0, 0.1) is 24.1 Å². The van der Waals surface area contributed by atoms with Crippen LogP contribution in [0.15, 0.2) is 30.6 Å². The van der Waals surface area contributed by atoms with Crippen molar-refractivity contribution in [1.82, 2.24) is 24.9 Å². The van der Waals surface area contributed by atoms with E-state index < -0.39 is 5.82 Å². The summed E-state index contributed by atoms with van der Waals surface area (Å²) in [5.74, 6) is 0.0541. The third-order valence-corrected chi connectivity index (χ3v) is 5.58. The molecule has 1 aliphatic heterocycles. The number of halogens is 1. The number of aromatic nitrogens is 4. The van der Waals surface area contributed by atoms with Crippen LogP contribution in [0.25, 0.3) is 16.6 Å². The number of nitrogens with one attached hydrogen (secondary N) is 3. The van der Waals surface area contributed by atoms with Crippen LogP contribution in [0.3, 0.4) is 0 Å². The molecule has 1 fully saturated rings. The Bertz CT molecular complexity index is 1320. The number of nitriles is 1.